The molecular weight excluding hydrogens is 232 g/mol. The van der Waals surface area contributed by atoms with Crippen molar-refractivity contribution in [3.8, 4) is 5.75 Å². The van der Waals surface area contributed by atoms with Crippen LogP contribution in [0.2, 0.25) is 0 Å². The molecule has 1 fully saturated rings. The molecule has 0 aliphatic carbocycles. The number of benzene rings is 1. The molecule has 1 aliphatic heterocycles. The van der Waals surface area contributed by atoms with Gasteiger partial charge in [-0.1, -0.05) is 18.2 Å². The van der Waals surface area contributed by atoms with Gasteiger partial charge in [-0.15, -0.1) is 0 Å². The molecular formula is C13H16N2O3. The SMILES string of the molecule is O=C1CC(C(=O)NCCOc2ccccc2)CN1. The lowest BCUT2D eigenvalue weighted by Gasteiger charge is -2.10. The van der Waals surface area contributed by atoms with Gasteiger partial charge < -0.3 is 15.4 Å². The van der Waals surface area contributed by atoms with Crippen molar-refractivity contribution in [2.75, 3.05) is 19.7 Å². The Labute approximate surface area is 106 Å². The van der Waals surface area contributed by atoms with E-state index in [1.165, 1.54) is 0 Å². The summed E-state index contributed by atoms with van der Waals surface area (Å²) in [5.41, 5.74) is 0. The molecule has 18 heavy (non-hydrogen) atoms. The molecule has 1 heterocycles. The van der Waals surface area contributed by atoms with Gasteiger partial charge in [-0.3, -0.25) is 9.59 Å². The van der Waals surface area contributed by atoms with Gasteiger partial charge >= 0.3 is 0 Å². The third-order valence-electron chi connectivity index (χ3n) is 2.76. The van der Waals surface area contributed by atoms with Crippen LogP contribution in [0.25, 0.3) is 0 Å². The summed E-state index contributed by atoms with van der Waals surface area (Å²) in [6.45, 7) is 1.30. The summed E-state index contributed by atoms with van der Waals surface area (Å²) < 4.78 is 5.44. The number of nitrogens with one attached hydrogen (secondary N) is 2. The standard InChI is InChI=1S/C13H16N2O3/c16-12-8-10(9-15-12)13(17)14-6-7-18-11-4-2-1-3-5-11/h1-5,10H,6-9H2,(H,14,17)(H,15,16). The first-order valence-corrected chi connectivity index (χ1v) is 5.98. The first-order chi connectivity index (χ1) is 8.75. The average Bonchev–Trinajstić information content (AvgIpc) is 2.82. The number of hydrogen-bond acceptors (Lipinski definition) is 3. The van der Waals surface area contributed by atoms with Gasteiger partial charge in [0.25, 0.3) is 0 Å². The third kappa shape index (κ3) is 3.48. The molecule has 0 aromatic heterocycles. The molecule has 1 unspecified atom stereocenters. The van der Waals surface area contributed by atoms with Crippen LogP contribution in [-0.2, 0) is 9.59 Å². The van der Waals surface area contributed by atoms with Crippen LogP contribution >= 0.6 is 0 Å². The fraction of sp³-hybridized carbons (Fsp3) is 0.385. The lowest BCUT2D eigenvalue weighted by atomic mass is 10.1. The number of amides is 2. The lowest BCUT2D eigenvalue weighted by molar-refractivity contribution is -0.126. The van der Waals surface area contributed by atoms with Crippen LogP contribution in [0.1, 0.15) is 6.42 Å². The van der Waals surface area contributed by atoms with E-state index in [-0.39, 0.29) is 24.2 Å². The Morgan fingerprint density at radius 1 is 1.39 bits per heavy atom. The van der Waals surface area contributed by atoms with Crippen LogP contribution in [0.5, 0.6) is 5.75 Å². The van der Waals surface area contributed by atoms with Gasteiger partial charge in [-0.25, -0.2) is 0 Å². The fourth-order valence-electron chi connectivity index (χ4n) is 1.79. The molecule has 1 atom stereocenters. The van der Waals surface area contributed by atoms with Crippen LogP contribution in [-0.4, -0.2) is 31.5 Å². The summed E-state index contributed by atoms with van der Waals surface area (Å²) in [6, 6.07) is 9.43. The Morgan fingerprint density at radius 3 is 2.83 bits per heavy atom. The zero-order valence-corrected chi connectivity index (χ0v) is 10.0. The molecule has 1 aromatic rings. The number of hydrogen-bond donors (Lipinski definition) is 2. The Bertz CT molecular complexity index is 420. The monoisotopic (exact) mass is 248 g/mol. The van der Waals surface area contributed by atoms with Crippen LogP contribution in [0.4, 0.5) is 0 Å². The molecule has 1 saturated heterocycles. The van der Waals surface area contributed by atoms with E-state index in [0.29, 0.717) is 19.7 Å². The van der Waals surface area contributed by atoms with E-state index in [4.69, 9.17) is 4.74 Å². The Morgan fingerprint density at radius 2 is 2.17 bits per heavy atom. The molecule has 0 bridgehead atoms. The zero-order valence-electron chi connectivity index (χ0n) is 10.0. The highest BCUT2D eigenvalue weighted by Crippen LogP contribution is 2.09. The Kier molecular flexibility index (Phi) is 4.17. The topological polar surface area (TPSA) is 67.4 Å². The summed E-state index contributed by atoms with van der Waals surface area (Å²) in [5.74, 6) is 0.388. The average molecular weight is 248 g/mol. The maximum Gasteiger partial charge on any atom is 0.225 e. The van der Waals surface area contributed by atoms with Crippen molar-refractivity contribution in [1.82, 2.24) is 10.6 Å². The second kappa shape index (κ2) is 6.05. The van der Waals surface area contributed by atoms with Gasteiger partial charge in [0.15, 0.2) is 0 Å². The number of ether oxygens (including phenoxy) is 1. The van der Waals surface area contributed by atoms with Crippen LogP contribution in [0, 0.1) is 5.92 Å². The van der Waals surface area contributed by atoms with Crippen LogP contribution in [0.15, 0.2) is 30.3 Å². The second-order valence-electron chi connectivity index (χ2n) is 4.16. The minimum atomic E-state index is -0.241. The Balaban J connectivity index is 1.63. The molecule has 5 nitrogen and oxygen atoms in total. The first-order valence-electron chi connectivity index (χ1n) is 5.98. The van der Waals surface area contributed by atoms with Gasteiger partial charge in [0, 0.05) is 13.0 Å². The third-order valence-corrected chi connectivity index (χ3v) is 2.76. The summed E-state index contributed by atoms with van der Waals surface area (Å²) in [6.07, 6.45) is 0.283. The summed E-state index contributed by atoms with van der Waals surface area (Å²) >= 11 is 0. The van der Waals surface area contributed by atoms with E-state index in [1.807, 2.05) is 30.3 Å². The van der Waals surface area contributed by atoms with Crippen molar-refractivity contribution >= 4 is 11.8 Å². The Hall–Kier alpha value is -2.04. The predicted molar refractivity (Wildman–Crippen MR) is 66.1 cm³/mol. The molecule has 2 N–H and O–H groups in total. The maximum atomic E-state index is 11.6. The van der Waals surface area contributed by atoms with Crippen LogP contribution < -0.4 is 15.4 Å². The summed E-state index contributed by atoms with van der Waals surface area (Å²) in [4.78, 5) is 22.6. The highest BCUT2D eigenvalue weighted by molar-refractivity contribution is 5.89. The predicted octanol–water partition coefficient (Wildman–Crippen LogP) is 0.318. The number of carbonyl (C=O) groups excluding carboxylic acids is 2. The van der Waals surface area contributed by atoms with E-state index in [2.05, 4.69) is 10.6 Å². The van der Waals surface area contributed by atoms with E-state index in [0.717, 1.165) is 5.75 Å². The largest absolute Gasteiger partial charge is 0.492 e. The number of rotatable bonds is 5. The molecule has 1 aromatic carbocycles. The van der Waals surface area contributed by atoms with Crippen molar-refractivity contribution in [3.63, 3.8) is 0 Å². The van der Waals surface area contributed by atoms with E-state index in [9.17, 15) is 9.59 Å². The van der Waals surface area contributed by atoms with Crippen molar-refractivity contribution < 1.29 is 14.3 Å². The minimum Gasteiger partial charge on any atom is -0.492 e. The first kappa shape index (κ1) is 12.4. The molecule has 96 valence electrons. The van der Waals surface area contributed by atoms with Gasteiger partial charge in [0.05, 0.1) is 12.5 Å². The molecule has 5 heteroatoms. The number of para-hydroxylation sites is 1. The molecule has 2 amide bonds. The van der Waals surface area contributed by atoms with Gasteiger partial charge in [-0.2, -0.15) is 0 Å². The van der Waals surface area contributed by atoms with E-state index < -0.39 is 0 Å². The molecule has 0 radical (unpaired) electrons. The maximum absolute atomic E-state index is 11.6. The minimum absolute atomic E-state index is 0.0596. The van der Waals surface area contributed by atoms with Crippen molar-refractivity contribution in [2.24, 2.45) is 5.92 Å². The summed E-state index contributed by atoms with van der Waals surface area (Å²) in [5, 5.41) is 5.39. The highest BCUT2D eigenvalue weighted by atomic mass is 16.5. The van der Waals surface area contributed by atoms with Gasteiger partial charge in [0.1, 0.15) is 12.4 Å². The van der Waals surface area contributed by atoms with Gasteiger partial charge in [0.2, 0.25) is 11.8 Å². The highest BCUT2D eigenvalue weighted by Gasteiger charge is 2.27. The zero-order chi connectivity index (χ0) is 12.8. The van der Waals surface area contributed by atoms with E-state index >= 15 is 0 Å². The normalized spacial score (nSPS) is 18.2. The van der Waals surface area contributed by atoms with Crippen LogP contribution in [0.3, 0.4) is 0 Å². The fourth-order valence-corrected chi connectivity index (χ4v) is 1.79. The summed E-state index contributed by atoms with van der Waals surface area (Å²) in [7, 11) is 0. The van der Waals surface area contributed by atoms with E-state index in [1.54, 1.807) is 0 Å². The second-order valence-corrected chi connectivity index (χ2v) is 4.16. The van der Waals surface area contributed by atoms with Crippen molar-refractivity contribution in [2.45, 2.75) is 6.42 Å². The molecule has 0 saturated carbocycles. The van der Waals surface area contributed by atoms with Gasteiger partial charge in [-0.05, 0) is 12.1 Å². The molecule has 0 spiro atoms. The lowest BCUT2D eigenvalue weighted by Crippen LogP contribution is -2.34. The molecule has 2 rings (SSSR count). The smallest absolute Gasteiger partial charge is 0.225 e. The molecule has 1 aliphatic rings. The quantitative estimate of drug-likeness (QED) is 0.737. The number of carbonyl (C=O) groups is 2. The van der Waals surface area contributed by atoms with Crippen molar-refractivity contribution in [1.29, 1.82) is 0 Å². The van der Waals surface area contributed by atoms with Crippen molar-refractivity contribution in [3.05, 3.63) is 30.3 Å².